The molecule has 0 aliphatic heterocycles. The molecule has 0 amide bonds. The number of fused-ring (bicyclic) bond motifs is 1. The number of nitrogens with two attached hydrogens (primary N) is 1. The van der Waals surface area contributed by atoms with Crippen LogP contribution in [0.15, 0.2) is 34.8 Å². The quantitative estimate of drug-likeness (QED) is 0.776. The minimum Gasteiger partial charge on any atom is -0.441 e. The zero-order valence-corrected chi connectivity index (χ0v) is 13.1. The molecule has 0 aliphatic carbocycles. The lowest BCUT2D eigenvalue weighted by Gasteiger charge is -2.18. The number of benzene rings is 1. The number of halogens is 3. The summed E-state index contributed by atoms with van der Waals surface area (Å²) in [6.07, 6.45) is -0.792. The van der Waals surface area contributed by atoms with Crippen molar-refractivity contribution in [2.24, 2.45) is 5.73 Å². The van der Waals surface area contributed by atoms with E-state index in [9.17, 15) is 8.78 Å². The molecule has 0 saturated heterocycles. The SMILES string of the molecule is C=C(CN)C(F)(F)Oc1ccc2nc(CCCC)oc2c1.Cl. The first-order valence-electron chi connectivity index (χ1n) is 6.81. The lowest BCUT2D eigenvalue weighted by Crippen LogP contribution is -2.30. The highest BCUT2D eigenvalue weighted by atomic mass is 35.5. The predicted molar refractivity (Wildman–Crippen MR) is 83.6 cm³/mol. The van der Waals surface area contributed by atoms with Gasteiger partial charge in [-0.25, -0.2) is 4.98 Å². The third-order valence-electron chi connectivity index (χ3n) is 3.05. The Hall–Kier alpha value is -1.66. The highest BCUT2D eigenvalue weighted by Gasteiger charge is 2.34. The Morgan fingerprint density at radius 1 is 1.45 bits per heavy atom. The second-order valence-electron chi connectivity index (χ2n) is 4.77. The molecule has 1 aromatic carbocycles. The third kappa shape index (κ3) is 4.18. The Morgan fingerprint density at radius 2 is 2.18 bits per heavy atom. The van der Waals surface area contributed by atoms with E-state index in [1.165, 1.54) is 12.1 Å². The fourth-order valence-electron chi connectivity index (χ4n) is 1.79. The molecule has 0 fully saturated rings. The zero-order valence-electron chi connectivity index (χ0n) is 12.3. The van der Waals surface area contributed by atoms with Gasteiger partial charge in [0.25, 0.3) is 0 Å². The standard InChI is InChI=1S/C15H18F2N2O2.ClH/c1-3-4-5-14-19-12-7-6-11(8-13(12)20-14)21-15(16,17)10(2)9-18;/h6-8H,2-5,9,18H2,1H3;1H. The molecular formula is C15H19ClF2N2O2. The van der Waals surface area contributed by atoms with Crippen molar-refractivity contribution in [1.82, 2.24) is 4.98 Å². The minimum atomic E-state index is -3.51. The molecule has 0 bridgehead atoms. The van der Waals surface area contributed by atoms with Crippen LogP contribution in [0.5, 0.6) is 5.75 Å². The van der Waals surface area contributed by atoms with Crippen LogP contribution in [0.1, 0.15) is 25.7 Å². The van der Waals surface area contributed by atoms with E-state index in [1.807, 2.05) is 0 Å². The molecule has 0 radical (unpaired) electrons. The third-order valence-corrected chi connectivity index (χ3v) is 3.05. The first-order chi connectivity index (χ1) is 9.96. The summed E-state index contributed by atoms with van der Waals surface area (Å²) in [4.78, 5) is 4.29. The van der Waals surface area contributed by atoms with Gasteiger partial charge in [-0.3, -0.25) is 0 Å². The summed E-state index contributed by atoms with van der Waals surface area (Å²) in [5.41, 5.74) is 5.73. The van der Waals surface area contributed by atoms with E-state index in [2.05, 4.69) is 23.2 Å². The molecule has 1 heterocycles. The van der Waals surface area contributed by atoms with E-state index in [4.69, 9.17) is 10.2 Å². The maximum Gasteiger partial charge on any atom is 0.423 e. The van der Waals surface area contributed by atoms with Crippen LogP contribution in [0.25, 0.3) is 11.1 Å². The summed E-state index contributed by atoms with van der Waals surface area (Å²) < 4.78 is 37.4. The van der Waals surface area contributed by atoms with Gasteiger partial charge < -0.3 is 14.9 Å². The molecule has 0 atom stereocenters. The first-order valence-corrected chi connectivity index (χ1v) is 6.81. The zero-order chi connectivity index (χ0) is 15.5. The van der Waals surface area contributed by atoms with Crippen molar-refractivity contribution in [2.75, 3.05) is 6.54 Å². The summed E-state index contributed by atoms with van der Waals surface area (Å²) in [7, 11) is 0. The topological polar surface area (TPSA) is 61.3 Å². The van der Waals surface area contributed by atoms with Crippen LogP contribution in [0.4, 0.5) is 8.78 Å². The number of hydrogen-bond donors (Lipinski definition) is 1. The maximum atomic E-state index is 13.6. The molecule has 2 N–H and O–H groups in total. The molecule has 2 aromatic rings. The second kappa shape index (κ2) is 7.56. The number of nitrogens with zero attached hydrogens (tertiary/aromatic N) is 1. The Kier molecular flexibility index (Phi) is 6.32. The van der Waals surface area contributed by atoms with Crippen LogP contribution in [0.2, 0.25) is 0 Å². The van der Waals surface area contributed by atoms with Crippen molar-refractivity contribution in [2.45, 2.75) is 32.3 Å². The summed E-state index contributed by atoms with van der Waals surface area (Å²) in [5.74, 6) is 0.586. The molecule has 0 spiro atoms. The number of ether oxygens (including phenoxy) is 1. The molecule has 122 valence electrons. The highest BCUT2D eigenvalue weighted by molar-refractivity contribution is 5.85. The van der Waals surface area contributed by atoms with E-state index in [1.54, 1.807) is 6.07 Å². The van der Waals surface area contributed by atoms with E-state index >= 15 is 0 Å². The van der Waals surface area contributed by atoms with Crippen LogP contribution in [-0.2, 0) is 6.42 Å². The van der Waals surface area contributed by atoms with E-state index in [0.717, 1.165) is 19.3 Å². The van der Waals surface area contributed by atoms with Crippen LogP contribution in [0, 0.1) is 0 Å². The lowest BCUT2D eigenvalue weighted by atomic mass is 10.2. The van der Waals surface area contributed by atoms with Gasteiger partial charge in [0.15, 0.2) is 11.5 Å². The molecule has 1 aromatic heterocycles. The van der Waals surface area contributed by atoms with Crippen molar-refractivity contribution in [3.05, 3.63) is 36.2 Å². The van der Waals surface area contributed by atoms with Gasteiger partial charge in [-0.1, -0.05) is 19.9 Å². The Labute approximate surface area is 133 Å². The fourth-order valence-corrected chi connectivity index (χ4v) is 1.79. The van der Waals surface area contributed by atoms with Crippen molar-refractivity contribution in [3.8, 4) is 5.75 Å². The number of unbranched alkanes of at least 4 members (excludes halogenated alkanes) is 1. The van der Waals surface area contributed by atoms with E-state index < -0.39 is 11.7 Å². The average molecular weight is 333 g/mol. The number of alkyl halides is 2. The monoisotopic (exact) mass is 332 g/mol. The number of hydrogen-bond acceptors (Lipinski definition) is 4. The minimum absolute atomic E-state index is 0. The van der Waals surface area contributed by atoms with Crippen LogP contribution in [-0.4, -0.2) is 17.6 Å². The van der Waals surface area contributed by atoms with Gasteiger partial charge in [-0.15, -0.1) is 12.4 Å². The predicted octanol–water partition coefficient (Wildman–Crippen LogP) is 4.08. The molecule has 2 rings (SSSR count). The lowest BCUT2D eigenvalue weighted by molar-refractivity contribution is -0.142. The van der Waals surface area contributed by atoms with Gasteiger partial charge in [0.05, 0.1) is 0 Å². The van der Waals surface area contributed by atoms with Gasteiger partial charge in [0.2, 0.25) is 0 Å². The van der Waals surface area contributed by atoms with Gasteiger partial charge in [0, 0.05) is 24.6 Å². The molecule has 4 nitrogen and oxygen atoms in total. The van der Waals surface area contributed by atoms with E-state index in [-0.39, 0.29) is 24.7 Å². The summed E-state index contributed by atoms with van der Waals surface area (Å²) in [6.45, 7) is 4.93. The van der Waals surface area contributed by atoms with Crippen LogP contribution >= 0.6 is 12.4 Å². The van der Waals surface area contributed by atoms with Crippen molar-refractivity contribution in [3.63, 3.8) is 0 Å². The summed E-state index contributed by atoms with van der Waals surface area (Å²) >= 11 is 0. The van der Waals surface area contributed by atoms with Gasteiger partial charge in [-0.2, -0.15) is 8.78 Å². The highest BCUT2D eigenvalue weighted by Crippen LogP contribution is 2.29. The van der Waals surface area contributed by atoms with Crippen LogP contribution < -0.4 is 10.5 Å². The average Bonchev–Trinajstić information content (AvgIpc) is 2.85. The summed E-state index contributed by atoms with van der Waals surface area (Å²) in [6, 6.07) is 4.41. The van der Waals surface area contributed by atoms with Crippen molar-refractivity contribution >= 4 is 23.5 Å². The molecule has 0 aliphatic rings. The smallest absolute Gasteiger partial charge is 0.423 e. The largest absolute Gasteiger partial charge is 0.441 e. The van der Waals surface area contributed by atoms with E-state index in [0.29, 0.717) is 17.0 Å². The number of aryl methyl sites for hydroxylation is 1. The Balaban J connectivity index is 0.00000242. The molecular weight excluding hydrogens is 314 g/mol. The van der Waals surface area contributed by atoms with Crippen LogP contribution in [0.3, 0.4) is 0 Å². The molecule has 0 unspecified atom stereocenters. The normalized spacial score (nSPS) is 11.3. The number of rotatable bonds is 7. The second-order valence-corrected chi connectivity index (χ2v) is 4.77. The first kappa shape index (κ1) is 18.4. The number of aromatic nitrogens is 1. The van der Waals surface area contributed by atoms with Gasteiger partial charge >= 0.3 is 6.11 Å². The fraction of sp³-hybridized carbons (Fsp3) is 0.400. The molecule has 0 saturated carbocycles. The number of oxazole rings is 1. The Bertz CT molecular complexity index is 644. The maximum absolute atomic E-state index is 13.6. The summed E-state index contributed by atoms with van der Waals surface area (Å²) in [5, 5.41) is 0. The van der Waals surface area contributed by atoms with Gasteiger partial charge in [0.1, 0.15) is 11.3 Å². The Morgan fingerprint density at radius 3 is 2.82 bits per heavy atom. The molecule has 22 heavy (non-hydrogen) atoms. The molecule has 7 heteroatoms. The van der Waals surface area contributed by atoms with Gasteiger partial charge in [-0.05, 0) is 18.6 Å². The van der Waals surface area contributed by atoms with Crippen molar-refractivity contribution in [1.29, 1.82) is 0 Å². The van der Waals surface area contributed by atoms with Crippen molar-refractivity contribution < 1.29 is 17.9 Å².